The molecule has 1 aromatic rings. The van der Waals surface area contributed by atoms with E-state index in [1.165, 1.54) is 0 Å². The van der Waals surface area contributed by atoms with Crippen molar-refractivity contribution in [3.8, 4) is 0 Å². The van der Waals surface area contributed by atoms with Crippen LogP contribution in [0.25, 0.3) is 0 Å². The molecule has 102 valence electrons. The van der Waals surface area contributed by atoms with Gasteiger partial charge in [-0.3, -0.25) is 14.9 Å². The van der Waals surface area contributed by atoms with Crippen molar-refractivity contribution in [1.29, 1.82) is 0 Å². The van der Waals surface area contributed by atoms with Crippen LogP contribution in [0.3, 0.4) is 0 Å². The number of nitrogens with zero attached hydrogens (tertiary/aromatic N) is 1. The maximum Gasteiger partial charge on any atom is 0.307 e. The summed E-state index contributed by atoms with van der Waals surface area (Å²) < 4.78 is 27.0. The van der Waals surface area contributed by atoms with Crippen molar-refractivity contribution < 1.29 is 18.5 Å². The molecule has 0 heterocycles. The van der Waals surface area contributed by atoms with E-state index in [1.807, 2.05) is 6.92 Å². The zero-order valence-electron chi connectivity index (χ0n) is 10.2. The quantitative estimate of drug-likeness (QED) is 0.677. The number of carbonyl (C=O) groups excluding carboxylic acids is 1. The maximum absolute atomic E-state index is 13.6. The molecule has 0 radical (unpaired) electrons. The van der Waals surface area contributed by atoms with Crippen LogP contribution in [0.1, 0.15) is 36.5 Å². The Labute approximate surface area is 107 Å². The molecule has 1 saturated carbocycles. The Morgan fingerprint density at radius 1 is 1.37 bits per heavy atom. The van der Waals surface area contributed by atoms with Crippen molar-refractivity contribution in [2.75, 3.05) is 0 Å². The number of halogens is 2. The molecule has 1 aliphatic rings. The number of benzene rings is 1. The van der Waals surface area contributed by atoms with Gasteiger partial charge in [-0.1, -0.05) is 0 Å². The van der Waals surface area contributed by atoms with Crippen LogP contribution in [0, 0.1) is 21.7 Å². The second kappa shape index (κ2) is 4.56. The first-order valence-electron chi connectivity index (χ1n) is 5.78. The van der Waals surface area contributed by atoms with Gasteiger partial charge in [-0.2, -0.15) is 4.39 Å². The molecule has 5 nitrogen and oxygen atoms in total. The number of hydrogen-bond acceptors (Lipinski definition) is 3. The third-order valence-corrected chi connectivity index (χ3v) is 3.35. The van der Waals surface area contributed by atoms with Crippen LogP contribution >= 0.6 is 0 Å². The molecule has 0 bridgehead atoms. The van der Waals surface area contributed by atoms with Gasteiger partial charge >= 0.3 is 5.69 Å². The molecule has 0 saturated heterocycles. The zero-order valence-corrected chi connectivity index (χ0v) is 10.2. The molecular weight excluding hydrogens is 258 g/mol. The Morgan fingerprint density at radius 2 is 2.00 bits per heavy atom. The molecule has 0 spiro atoms. The SMILES string of the molecule is CC1(NC(=O)c2cc(F)c([N+](=O)[O-])cc2F)CCC1. The van der Waals surface area contributed by atoms with Crippen molar-refractivity contribution in [2.45, 2.75) is 31.7 Å². The van der Waals surface area contributed by atoms with Crippen molar-refractivity contribution in [3.63, 3.8) is 0 Å². The van der Waals surface area contributed by atoms with Gasteiger partial charge in [-0.25, -0.2) is 4.39 Å². The third kappa shape index (κ3) is 2.54. The average Bonchev–Trinajstić information content (AvgIpc) is 2.29. The molecule has 0 unspecified atom stereocenters. The monoisotopic (exact) mass is 270 g/mol. The number of rotatable bonds is 3. The minimum atomic E-state index is -1.23. The highest BCUT2D eigenvalue weighted by molar-refractivity contribution is 5.95. The lowest BCUT2D eigenvalue weighted by molar-refractivity contribution is -0.387. The molecule has 0 aliphatic heterocycles. The summed E-state index contributed by atoms with van der Waals surface area (Å²) >= 11 is 0. The highest BCUT2D eigenvalue weighted by atomic mass is 19.1. The molecule has 2 rings (SSSR count). The average molecular weight is 270 g/mol. The van der Waals surface area contributed by atoms with Crippen LogP contribution in [0.5, 0.6) is 0 Å². The van der Waals surface area contributed by atoms with E-state index in [2.05, 4.69) is 5.32 Å². The highest BCUT2D eigenvalue weighted by Crippen LogP contribution is 2.31. The Hall–Kier alpha value is -2.05. The zero-order chi connectivity index (χ0) is 14.2. The van der Waals surface area contributed by atoms with E-state index in [1.54, 1.807) is 0 Å². The lowest BCUT2D eigenvalue weighted by atomic mass is 9.78. The fraction of sp³-hybridized carbons (Fsp3) is 0.417. The molecule has 0 aromatic heterocycles. The molecule has 1 N–H and O–H groups in total. The molecule has 19 heavy (non-hydrogen) atoms. The summed E-state index contributed by atoms with van der Waals surface area (Å²) in [5.41, 5.74) is -1.90. The molecule has 1 aromatic carbocycles. The first-order chi connectivity index (χ1) is 8.82. The van der Waals surface area contributed by atoms with E-state index in [4.69, 9.17) is 0 Å². The number of amides is 1. The van der Waals surface area contributed by atoms with Crippen molar-refractivity contribution >= 4 is 11.6 Å². The Balaban J connectivity index is 2.27. The van der Waals surface area contributed by atoms with E-state index in [-0.39, 0.29) is 0 Å². The summed E-state index contributed by atoms with van der Waals surface area (Å²) in [5, 5.41) is 13.0. The molecule has 0 atom stereocenters. The first kappa shape index (κ1) is 13.4. The van der Waals surface area contributed by atoms with Gasteiger partial charge in [0.05, 0.1) is 16.6 Å². The molecule has 1 fully saturated rings. The Kier molecular flexibility index (Phi) is 3.21. The summed E-state index contributed by atoms with van der Waals surface area (Å²) in [6.07, 6.45) is 2.51. The van der Waals surface area contributed by atoms with Gasteiger partial charge in [-0.15, -0.1) is 0 Å². The molecule has 1 aliphatic carbocycles. The number of nitro benzene ring substituents is 1. The maximum atomic E-state index is 13.6. The van der Waals surface area contributed by atoms with Gasteiger partial charge in [0.15, 0.2) is 0 Å². The minimum Gasteiger partial charge on any atom is -0.347 e. The van der Waals surface area contributed by atoms with Crippen LogP contribution in [-0.4, -0.2) is 16.4 Å². The number of hydrogen-bond donors (Lipinski definition) is 1. The van der Waals surface area contributed by atoms with Gasteiger partial charge in [-0.05, 0) is 32.3 Å². The molecular formula is C12H12F2N2O3. The lowest BCUT2D eigenvalue weighted by Gasteiger charge is -2.39. The van der Waals surface area contributed by atoms with Crippen molar-refractivity contribution in [2.24, 2.45) is 0 Å². The van der Waals surface area contributed by atoms with Gasteiger partial charge in [0.2, 0.25) is 5.82 Å². The van der Waals surface area contributed by atoms with Crippen LogP contribution < -0.4 is 5.32 Å². The summed E-state index contributed by atoms with van der Waals surface area (Å²) in [4.78, 5) is 21.2. The van der Waals surface area contributed by atoms with Crippen molar-refractivity contribution in [3.05, 3.63) is 39.4 Å². The summed E-state index contributed by atoms with van der Waals surface area (Å²) in [5.74, 6) is -3.09. The van der Waals surface area contributed by atoms with Gasteiger partial charge in [0, 0.05) is 5.54 Å². The predicted molar refractivity (Wildman–Crippen MR) is 62.7 cm³/mol. The fourth-order valence-corrected chi connectivity index (χ4v) is 2.02. The Bertz CT molecular complexity index is 556. The van der Waals surface area contributed by atoms with Gasteiger partial charge < -0.3 is 5.32 Å². The topological polar surface area (TPSA) is 72.2 Å². The fourth-order valence-electron chi connectivity index (χ4n) is 2.02. The Morgan fingerprint density at radius 3 is 2.47 bits per heavy atom. The van der Waals surface area contributed by atoms with Crippen LogP contribution in [0.2, 0.25) is 0 Å². The first-order valence-corrected chi connectivity index (χ1v) is 5.78. The second-order valence-electron chi connectivity index (χ2n) is 4.91. The second-order valence-corrected chi connectivity index (χ2v) is 4.91. The van der Waals surface area contributed by atoms with E-state index in [0.717, 1.165) is 19.3 Å². The van der Waals surface area contributed by atoms with Gasteiger partial charge in [0.1, 0.15) is 5.82 Å². The predicted octanol–water partition coefficient (Wildman–Crippen LogP) is 2.55. The minimum absolute atomic E-state index is 0.401. The smallest absolute Gasteiger partial charge is 0.307 e. The largest absolute Gasteiger partial charge is 0.347 e. The summed E-state index contributed by atoms with van der Waals surface area (Å²) in [6.45, 7) is 1.81. The third-order valence-electron chi connectivity index (χ3n) is 3.35. The number of carbonyl (C=O) groups is 1. The highest BCUT2D eigenvalue weighted by Gasteiger charge is 2.34. The van der Waals surface area contributed by atoms with Crippen LogP contribution in [0.15, 0.2) is 12.1 Å². The van der Waals surface area contributed by atoms with E-state index >= 15 is 0 Å². The van der Waals surface area contributed by atoms with E-state index in [9.17, 15) is 23.7 Å². The van der Waals surface area contributed by atoms with Crippen LogP contribution in [0.4, 0.5) is 14.5 Å². The molecule has 1 amide bonds. The van der Waals surface area contributed by atoms with Crippen LogP contribution in [-0.2, 0) is 0 Å². The van der Waals surface area contributed by atoms with E-state index in [0.29, 0.717) is 12.1 Å². The van der Waals surface area contributed by atoms with Gasteiger partial charge in [0.25, 0.3) is 5.91 Å². The normalized spacial score (nSPS) is 16.6. The number of nitro groups is 1. The van der Waals surface area contributed by atoms with Crippen molar-refractivity contribution in [1.82, 2.24) is 5.32 Å². The lowest BCUT2D eigenvalue weighted by Crippen LogP contribution is -2.51. The van der Waals surface area contributed by atoms with E-state index < -0.39 is 39.3 Å². The number of nitrogens with one attached hydrogen (secondary N) is 1. The summed E-state index contributed by atoms with van der Waals surface area (Å²) in [7, 11) is 0. The summed E-state index contributed by atoms with van der Waals surface area (Å²) in [6, 6.07) is 0.984. The standard InChI is InChI=1S/C12H12F2N2O3/c1-12(3-2-4-12)15-11(17)7-5-9(14)10(16(18)19)6-8(7)13/h5-6H,2-4H2,1H3,(H,15,17). The molecule has 7 heteroatoms.